The van der Waals surface area contributed by atoms with Crippen LogP contribution in [-0.4, -0.2) is 11.3 Å². The molecule has 1 aromatic carbocycles. The van der Waals surface area contributed by atoms with Crippen LogP contribution in [0.3, 0.4) is 0 Å². The van der Waals surface area contributed by atoms with Crippen LogP contribution in [0.4, 0.5) is 5.69 Å². The van der Waals surface area contributed by atoms with E-state index in [2.05, 4.69) is 30.8 Å². The van der Waals surface area contributed by atoms with Gasteiger partial charge in [0.2, 0.25) is 5.91 Å². The molecular weight excluding hydrogens is 244 g/mol. The molecule has 0 saturated carbocycles. The van der Waals surface area contributed by atoms with Crippen LogP contribution >= 0.6 is 12.6 Å². The van der Waals surface area contributed by atoms with Gasteiger partial charge in [-0.2, -0.15) is 0 Å². The third-order valence-electron chi connectivity index (χ3n) is 2.85. The van der Waals surface area contributed by atoms with Crippen molar-refractivity contribution in [3.8, 4) is 0 Å². The van der Waals surface area contributed by atoms with E-state index < -0.39 is 5.91 Å². The van der Waals surface area contributed by atoms with E-state index in [1.807, 2.05) is 31.0 Å². The Morgan fingerprint density at radius 1 is 1.28 bits per heavy atom. The quantitative estimate of drug-likeness (QED) is 0.802. The largest absolute Gasteiger partial charge is 0.366 e. The molecule has 1 heterocycles. The standard InChI is InChI=1S/C14H16N2OS/c1-9-6-10(2)8-11(7-9)16-5-3-4-12(13(15)17)14(16)18/h3-8,14,18H,1-2H3,(H2,15,17). The van der Waals surface area contributed by atoms with Crippen LogP contribution in [0.25, 0.3) is 0 Å². The minimum absolute atomic E-state index is 0.339. The summed E-state index contributed by atoms with van der Waals surface area (Å²) in [7, 11) is 0. The van der Waals surface area contributed by atoms with Crippen molar-refractivity contribution < 1.29 is 4.79 Å². The molecule has 1 aliphatic heterocycles. The molecule has 94 valence electrons. The third-order valence-corrected chi connectivity index (χ3v) is 3.38. The first-order chi connectivity index (χ1) is 8.49. The Hall–Kier alpha value is -1.68. The second-order valence-corrected chi connectivity index (χ2v) is 4.94. The van der Waals surface area contributed by atoms with Crippen LogP contribution in [-0.2, 0) is 4.79 Å². The molecule has 3 nitrogen and oxygen atoms in total. The number of carbonyl (C=O) groups is 1. The van der Waals surface area contributed by atoms with E-state index in [1.165, 1.54) is 11.1 Å². The number of anilines is 1. The summed E-state index contributed by atoms with van der Waals surface area (Å²) in [6, 6.07) is 6.23. The highest BCUT2D eigenvalue weighted by molar-refractivity contribution is 7.81. The van der Waals surface area contributed by atoms with Crippen molar-refractivity contribution >= 4 is 24.2 Å². The first-order valence-corrected chi connectivity index (χ1v) is 6.23. The lowest BCUT2D eigenvalue weighted by Crippen LogP contribution is -2.35. The van der Waals surface area contributed by atoms with Gasteiger partial charge in [0.15, 0.2) is 0 Å². The fraction of sp³-hybridized carbons (Fsp3) is 0.214. The second kappa shape index (κ2) is 4.90. The van der Waals surface area contributed by atoms with Crippen molar-refractivity contribution in [2.45, 2.75) is 19.2 Å². The van der Waals surface area contributed by atoms with E-state index in [-0.39, 0.29) is 5.37 Å². The molecule has 0 aromatic heterocycles. The molecule has 1 amide bonds. The van der Waals surface area contributed by atoms with E-state index >= 15 is 0 Å². The Morgan fingerprint density at radius 2 is 1.89 bits per heavy atom. The molecule has 0 bridgehead atoms. The van der Waals surface area contributed by atoms with Gasteiger partial charge in [-0.05, 0) is 49.3 Å². The second-order valence-electron chi connectivity index (χ2n) is 4.45. The monoisotopic (exact) mass is 260 g/mol. The molecular formula is C14H16N2OS. The number of primary amides is 1. The number of allylic oxidation sites excluding steroid dienone is 2. The minimum Gasteiger partial charge on any atom is -0.366 e. The van der Waals surface area contributed by atoms with Gasteiger partial charge in [0.25, 0.3) is 0 Å². The molecule has 1 unspecified atom stereocenters. The van der Waals surface area contributed by atoms with Crippen LogP contribution in [0.1, 0.15) is 11.1 Å². The molecule has 2 rings (SSSR count). The number of hydrogen-bond acceptors (Lipinski definition) is 3. The molecule has 0 radical (unpaired) electrons. The number of nitrogens with two attached hydrogens (primary N) is 1. The number of amides is 1. The minimum atomic E-state index is -0.436. The molecule has 1 aromatic rings. The molecule has 0 saturated heterocycles. The van der Waals surface area contributed by atoms with E-state index in [9.17, 15) is 4.79 Å². The summed E-state index contributed by atoms with van der Waals surface area (Å²) >= 11 is 4.48. The van der Waals surface area contributed by atoms with Crippen LogP contribution < -0.4 is 10.6 Å². The maximum Gasteiger partial charge on any atom is 0.247 e. The zero-order valence-corrected chi connectivity index (χ0v) is 11.3. The van der Waals surface area contributed by atoms with Crippen molar-refractivity contribution in [3.63, 3.8) is 0 Å². The Kier molecular flexibility index (Phi) is 3.48. The number of hydrogen-bond donors (Lipinski definition) is 2. The van der Waals surface area contributed by atoms with E-state index in [0.717, 1.165) is 5.69 Å². The highest BCUT2D eigenvalue weighted by Gasteiger charge is 2.23. The SMILES string of the molecule is Cc1cc(C)cc(N2C=CC=C(C(N)=O)C2S)c1. The summed E-state index contributed by atoms with van der Waals surface area (Å²) in [4.78, 5) is 13.3. The summed E-state index contributed by atoms with van der Waals surface area (Å²) < 4.78 is 0. The van der Waals surface area contributed by atoms with Crippen molar-refractivity contribution in [2.75, 3.05) is 4.90 Å². The lowest BCUT2D eigenvalue weighted by Gasteiger charge is -2.30. The van der Waals surface area contributed by atoms with Gasteiger partial charge in [0.05, 0.1) is 0 Å². The van der Waals surface area contributed by atoms with Crippen molar-refractivity contribution in [2.24, 2.45) is 5.73 Å². The average Bonchev–Trinajstić information content (AvgIpc) is 2.27. The number of thiol groups is 1. The summed E-state index contributed by atoms with van der Waals surface area (Å²) in [5.41, 5.74) is 9.20. The Labute approximate surface area is 112 Å². The van der Waals surface area contributed by atoms with Crippen LogP contribution in [0.5, 0.6) is 0 Å². The summed E-state index contributed by atoms with van der Waals surface area (Å²) in [5, 5.41) is -0.339. The molecule has 0 fully saturated rings. The van der Waals surface area contributed by atoms with Gasteiger partial charge in [0.1, 0.15) is 5.37 Å². The molecule has 1 atom stereocenters. The molecule has 0 spiro atoms. The summed E-state index contributed by atoms with van der Waals surface area (Å²) in [5.74, 6) is -0.436. The van der Waals surface area contributed by atoms with Gasteiger partial charge >= 0.3 is 0 Å². The number of nitrogens with zero attached hydrogens (tertiary/aromatic N) is 1. The van der Waals surface area contributed by atoms with E-state index in [0.29, 0.717) is 5.57 Å². The normalized spacial score (nSPS) is 18.7. The zero-order valence-electron chi connectivity index (χ0n) is 10.4. The van der Waals surface area contributed by atoms with Gasteiger partial charge in [0, 0.05) is 17.5 Å². The van der Waals surface area contributed by atoms with Crippen LogP contribution in [0, 0.1) is 13.8 Å². The molecule has 2 N–H and O–H groups in total. The number of rotatable bonds is 2. The lowest BCUT2D eigenvalue weighted by molar-refractivity contribution is -0.114. The lowest BCUT2D eigenvalue weighted by atomic mass is 10.1. The van der Waals surface area contributed by atoms with Gasteiger partial charge in [-0.3, -0.25) is 4.79 Å². The highest BCUT2D eigenvalue weighted by atomic mass is 32.1. The molecule has 1 aliphatic rings. The average molecular weight is 260 g/mol. The van der Waals surface area contributed by atoms with Gasteiger partial charge in [-0.1, -0.05) is 6.07 Å². The number of aryl methyl sites for hydroxylation is 2. The maximum absolute atomic E-state index is 11.3. The topological polar surface area (TPSA) is 46.3 Å². The predicted octanol–water partition coefficient (Wildman–Crippen LogP) is 2.30. The van der Waals surface area contributed by atoms with Crippen LogP contribution in [0.15, 0.2) is 42.1 Å². The highest BCUT2D eigenvalue weighted by Crippen LogP contribution is 2.28. The summed E-state index contributed by atoms with van der Waals surface area (Å²) in [6.45, 7) is 4.09. The van der Waals surface area contributed by atoms with Gasteiger partial charge in [-0.25, -0.2) is 0 Å². The fourth-order valence-electron chi connectivity index (χ4n) is 2.09. The van der Waals surface area contributed by atoms with Crippen molar-refractivity contribution in [1.82, 2.24) is 0 Å². The van der Waals surface area contributed by atoms with Gasteiger partial charge in [-0.15, -0.1) is 12.6 Å². The van der Waals surface area contributed by atoms with Crippen LogP contribution in [0.2, 0.25) is 0 Å². The Morgan fingerprint density at radius 3 is 2.44 bits per heavy atom. The fourth-order valence-corrected chi connectivity index (χ4v) is 2.52. The number of benzene rings is 1. The summed E-state index contributed by atoms with van der Waals surface area (Å²) in [6.07, 6.45) is 5.42. The Balaban J connectivity index is 2.38. The maximum atomic E-state index is 11.3. The first-order valence-electron chi connectivity index (χ1n) is 5.72. The smallest absolute Gasteiger partial charge is 0.247 e. The molecule has 18 heavy (non-hydrogen) atoms. The molecule has 0 aliphatic carbocycles. The van der Waals surface area contributed by atoms with E-state index in [1.54, 1.807) is 6.08 Å². The third kappa shape index (κ3) is 2.43. The predicted molar refractivity (Wildman–Crippen MR) is 77.6 cm³/mol. The number of carbonyl (C=O) groups excluding carboxylic acids is 1. The first kappa shape index (κ1) is 12.8. The Bertz CT molecular complexity index is 528. The van der Waals surface area contributed by atoms with Gasteiger partial charge < -0.3 is 10.6 Å². The van der Waals surface area contributed by atoms with E-state index in [4.69, 9.17) is 5.73 Å². The molecule has 4 heteroatoms. The van der Waals surface area contributed by atoms with Crippen molar-refractivity contribution in [3.05, 3.63) is 53.3 Å². The zero-order chi connectivity index (χ0) is 13.3. The van der Waals surface area contributed by atoms with Crippen molar-refractivity contribution in [1.29, 1.82) is 0 Å².